The van der Waals surface area contributed by atoms with Crippen LogP contribution in [0.15, 0.2) is 60.7 Å². The van der Waals surface area contributed by atoms with Gasteiger partial charge in [-0.1, -0.05) is 0 Å². The van der Waals surface area contributed by atoms with Crippen LogP contribution >= 0.6 is 0 Å². The highest BCUT2D eigenvalue weighted by atomic mass is 16.6. The number of carbonyl (C=O) groups is 2. The van der Waals surface area contributed by atoms with Crippen LogP contribution in [-0.2, 0) is 51.2 Å². The Hall–Kier alpha value is -6.96. The van der Waals surface area contributed by atoms with E-state index in [1.54, 1.807) is 82.9 Å². The van der Waals surface area contributed by atoms with Gasteiger partial charge in [-0.05, 0) is 74.5 Å². The van der Waals surface area contributed by atoms with Crippen molar-refractivity contribution < 1.29 is 66.4 Å². The minimum absolute atomic E-state index is 0.191. The Balaban J connectivity index is 1.63. The maximum atomic E-state index is 12.7. The summed E-state index contributed by atoms with van der Waals surface area (Å²) in [7, 11) is 13.0. The van der Waals surface area contributed by atoms with Gasteiger partial charge in [0.25, 0.3) is 0 Å². The Morgan fingerprint density at radius 3 is 0.662 bits per heavy atom. The first-order chi connectivity index (χ1) is 31.5. The molecular weight excluding hydrogens is 837 g/mol. The summed E-state index contributed by atoms with van der Waals surface area (Å²) in [6.45, 7) is 3.14. The fourth-order valence-corrected chi connectivity index (χ4v) is 8.10. The minimum atomic E-state index is -0.535. The van der Waals surface area contributed by atoms with E-state index in [1.807, 2.05) is 48.5 Å². The monoisotopic (exact) mass is 894 g/mol. The van der Waals surface area contributed by atoms with Crippen molar-refractivity contribution in [1.29, 1.82) is 0 Å². The van der Waals surface area contributed by atoms with Crippen molar-refractivity contribution in [2.45, 2.75) is 46.0 Å². The molecule has 65 heavy (non-hydrogen) atoms. The molecule has 14 heteroatoms. The molecule has 0 heterocycles. The summed E-state index contributed by atoms with van der Waals surface area (Å²) >= 11 is 0. The van der Waals surface area contributed by atoms with Crippen LogP contribution < -0.4 is 47.4 Å². The Morgan fingerprint density at radius 1 is 0.323 bits per heavy atom. The van der Waals surface area contributed by atoms with Gasteiger partial charge in [-0.3, -0.25) is 0 Å². The van der Waals surface area contributed by atoms with E-state index in [9.17, 15) is 9.59 Å². The number of carbonyl (C=O) groups excluding carboxylic acids is 2. The standard InChI is InChI=1S/C51H58O14/c1-11-62-50(52)28-64-48-26-39-17-37-25-45(59-8)35(23-47(37)61-10)15-33-21-41(55-4)31(19-43(33)57-6)13-30-18-42(56-5)32(20-40(30)54-3)14-34-22-46(60-9)36(24-44(34)58-7)16-38(48)27-49(39)65-29-51(53)63-12-2/h18-27H,11-17,28-29H2,1-10H3. The summed E-state index contributed by atoms with van der Waals surface area (Å²) in [4.78, 5) is 25.4. The van der Waals surface area contributed by atoms with Crippen LogP contribution in [0.25, 0.3) is 0 Å². The van der Waals surface area contributed by atoms with Crippen LogP contribution in [0.5, 0.6) is 57.5 Å². The maximum absolute atomic E-state index is 12.7. The molecule has 0 radical (unpaired) electrons. The Kier molecular flexibility index (Phi) is 16.2. The van der Waals surface area contributed by atoms with Gasteiger partial charge in [-0.2, -0.15) is 0 Å². The average Bonchev–Trinajstić information content (AvgIpc) is 3.31. The first kappa shape index (κ1) is 47.5. The van der Waals surface area contributed by atoms with E-state index in [1.165, 1.54) is 0 Å². The smallest absolute Gasteiger partial charge is 0.344 e. The van der Waals surface area contributed by atoms with E-state index in [0.29, 0.717) is 87.9 Å². The van der Waals surface area contributed by atoms with Gasteiger partial charge in [0.2, 0.25) is 0 Å². The summed E-state index contributed by atoms with van der Waals surface area (Å²) in [5.74, 6) is 4.68. The molecular formula is C51H58O14. The SMILES string of the molecule is CCOC(=O)COc1cc2c(OCC(=O)OCC)cc1Cc1cc(OC)c(cc1OC)Cc1cc(OC)c(cc1OC)Cc1cc(OC)c(cc1OC)Cc1cc(OC)c(cc1OC)C2. The molecule has 0 atom stereocenters. The maximum Gasteiger partial charge on any atom is 0.344 e. The third-order valence-corrected chi connectivity index (χ3v) is 11.2. The first-order valence-corrected chi connectivity index (χ1v) is 21.2. The molecule has 10 aliphatic carbocycles. The molecule has 5 aromatic rings. The molecule has 10 aliphatic rings. The molecule has 0 unspecified atom stereocenters. The highest BCUT2D eigenvalue weighted by molar-refractivity contribution is 5.72. The van der Waals surface area contributed by atoms with Gasteiger partial charge in [0.15, 0.2) is 13.2 Å². The largest absolute Gasteiger partial charge is 0.496 e. The van der Waals surface area contributed by atoms with Crippen LogP contribution in [0.2, 0.25) is 0 Å². The summed E-state index contributed by atoms with van der Waals surface area (Å²) in [5.41, 5.74) is 7.90. The van der Waals surface area contributed by atoms with Gasteiger partial charge in [0.05, 0.1) is 70.1 Å². The first-order valence-electron chi connectivity index (χ1n) is 21.2. The normalized spacial score (nSPS) is 11.9. The topological polar surface area (TPSA) is 145 Å². The lowest BCUT2D eigenvalue weighted by atomic mass is 9.94. The fourth-order valence-electron chi connectivity index (χ4n) is 8.10. The molecule has 5 aromatic carbocycles. The number of rotatable bonds is 16. The number of benzene rings is 5. The van der Waals surface area contributed by atoms with E-state index in [-0.39, 0.29) is 39.3 Å². The van der Waals surface area contributed by atoms with Gasteiger partial charge < -0.3 is 56.8 Å². The van der Waals surface area contributed by atoms with Crippen LogP contribution in [0.1, 0.15) is 69.5 Å². The van der Waals surface area contributed by atoms with Gasteiger partial charge in [-0.15, -0.1) is 0 Å². The van der Waals surface area contributed by atoms with Gasteiger partial charge in [0, 0.05) is 87.7 Å². The quantitative estimate of drug-likeness (QED) is 0.0868. The number of hydrogen-bond donors (Lipinski definition) is 0. The Labute approximate surface area is 380 Å². The average molecular weight is 895 g/mol. The van der Waals surface area contributed by atoms with E-state index < -0.39 is 11.9 Å². The number of methoxy groups -OCH3 is 8. The second-order valence-electron chi connectivity index (χ2n) is 15.0. The summed E-state index contributed by atoms with van der Waals surface area (Å²) < 4.78 is 71.0. The number of ether oxygens (including phenoxy) is 12. The summed E-state index contributed by atoms with van der Waals surface area (Å²) in [6, 6.07) is 19.2. The molecule has 15 rings (SSSR count). The molecule has 0 N–H and O–H groups in total. The van der Waals surface area contributed by atoms with Crippen LogP contribution in [0.3, 0.4) is 0 Å². The Bertz CT molecular complexity index is 2320. The zero-order valence-electron chi connectivity index (χ0n) is 38.9. The van der Waals surface area contributed by atoms with E-state index >= 15 is 0 Å². The van der Waals surface area contributed by atoms with E-state index in [0.717, 1.165) is 44.5 Å². The van der Waals surface area contributed by atoms with Crippen molar-refractivity contribution in [1.82, 2.24) is 0 Å². The van der Waals surface area contributed by atoms with Crippen LogP contribution in [-0.4, -0.2) is 95.2 Å². The highest BCUT2D eigenvalue weighted by Crippen LogP contribution is 2.42. The van der Waals surface area contributed by atoms with Crippen LogP contribution in [0, 0.1) is 0 Å². The van der Waals surface area contributed by atoms with Crippen molar-refractivity contribution in [3.05, 3.63) is 116 Å². The van der Waals surface area contributed by atoms with Crippen molar-refractivity contribution in [3.63, 3.8) is 0 Å². The third kappa shape index (κ3) is 11.1. The van der Waals surface area contributed by atoms with Gasteiger partial charge >= 0.3 is 11.9 Å². The highest BCUT2D eigenvalue weighted by Gasteiger charge is 2.24. The van der Waals surface area contributed by atoms with Crippen molar-refractivity contribution in [3.8, 4) is 57.5 Å². The predicted octanol–water partition coefficient (Wildman–Crippen LogP) is 7.91. The summed E-state index contributed by atoms with van der Waals surface area (Å²) in [5, 5.41) is 0. The molecule has 346 valence electrons. The molecule has 0 amide bonds. The van der Waals surface area contributed by atoms with Crippen molar-refractivity contribution in [2.24, 2.45) is 0 Å². The predicted molar refractivity (Wildman–Crippen MR) is 243 cm³/mol. The summed E-state index contributed by atoms with van der Waals surface area (Å²) in [6.07, 6.45) is 1.77. The second-order valence-corrected chi connectivity index (χ2v) is 15.0. The zero-order valence-corrected chi connectivity index (χ0v) is 38.9. The molecule has 14 nitrogen and oxygen atoms in total. The van der Waals surface area contributed by atoms with Gasteiger partial charge in [0.1, 0.15) is 57.5 Å². The van der Waals surface area contributed by atoms with Crippen LogP contribution in [0.4, 0.5) is 0 Å². The zero-order chi connectivity index (χ0) is 46.6. The lowest BCUT2D eigenvalue weighted by molar-refractivity contribution is -0.146. The fraction of sp³-hybridized carbons (Fsp3) is 0.373. The third-order valence-electron chi connectivity index (χ3n) is 11.2. The molecule has 0 fully saturated rings. The molecule has 0 spiro atoms. The molecule has 0 aromatic heterocycles. The molecule has 0 saturated carbocycles. The van der Waals surface area contributed by atoms with E-state index in [2.05, 4.69) is 0 Å². The minimum Gasteiger partial charge on any atom is -0.496 e. The second kappa shape index (κ2) is 22.1. The van der Waals surface area contributed by atoms with Gasteiger partial charge in [-0.25, -0.2) is 9.59 Å². The number of esters is 2. The van der Waals surface area contributed by atoms with Crippen molar-refractivity contribution >= 4 is 11.9 Å². The lowest BCUT2D eigenvalue weighted by Gasteiger charge is -2.21. The number of hydrogen-bond acceptors (Lipinski definition) is 14. The molecule has 10 bridgehead atoms. The van der Waals surface area contributed by atoms with E-state index in [4.69, 9.17) is 56.8 Å². The molecule has 0 aliphatic heterocycles. The molecule has 0 saturated heterocycles. The Morgan fingerprint density at radius 2 is 0.492 bits per heavy atom. The van der Waals surface area contributed by atoms with Crippen molar-refractivity contribution in [2.75, 3.05) is 83.3 Å². The lowest BCUT2D eigenvalue weighted by Crippen LogP contribution is -2.17.